The Balaban J connectivity index is 1.71. The van der Waals surface area contributed by atoms with Crippen LogP contribution < -0.4 is 5.32 Å². The summed E-state index contributed by atoms with van der Waals surface area (Å²) in [5, 5.41) is 4.14. The van der Waals surface area contributed by atoms with Crippen molar-refractivity contribution in [3.63, 3.8) is 0 Å². The summed E-state index contributed by atoms with van der Waals surface area (Å²) in [4.78, 5) is 36.1. The SMILES string of the molecule is CCOC(=O)c1ccc(Nc2c(C(=O)N3CCSCC3)cnc3nc(C)ccc23)cc1. The maximum absolute atomic E-state index is 13.3. The van der Waals surface area contributed by atoms with Crippen LogP contribution in [-0.4, -0.2) is 57.9 Å². The highest BCUT2D eigenvalue weighted by Crippen LogP contribution is 2.30. The van der Waals surface area contributed by atoms with Gasteiger partial charge in [0.2, 0.25) is 0 Å². The van der Waals surface area contributed by atoms with Gasteiger partial charge in [0.1, 0.15) is 0 Å². The van der Waals surface area contributed by atoms with Crippen LogP contribution >= 0.6 is 11.8 Å². The van der Waals surface area contributed by atoms with Gasteiger partial charge in [-0.3, -0.25) is 4.79 Å². The molecule has 0 saturated carbocycles. The van der Waals surface area contributed by atoms with E-state index in [2.05, 4.69) is 15.3 Å². The Hall–Kier alpha value is -3.13. The Morgan fingerprint density at radius 1 is 1.13 bits per heavy atom. The normalized spacial score (nSPS) is 13.8. The Morgan fingerprint density at radius 3 is 2.58 bits per heavy atom. The van der Waals surface area contributed by atoms with E-state index in [4.69, 9.17) is 4.74 Å². The van der Waals surface area contributed by atoms with Crippen molar-refractivity contribution >= 4 is 46.0 Å². The minimum absolute atomic E-state index is 0.0408. The molecule has 31 heavy (non-hydrogen) atoms. The summed E-state index contributed by atoms with van der Waals surface area (Å²) in [6, 6.07) is 10.8. The second-order valence-electron chi connectivity index (χ2n) is 7.20. The fourth-order valence-electron chi connectivity index (χ4n) is 3.45. The zero-order valence-corrected chi connectivity index (χ0v) is 18.4. The number of nitrogens with one attached hydrogen (secondary N) is 1. The summed E-state index contributed by atoms with van der Waals surface area (Å²) in [6.07, 6.45) is 1.61. The van der Waals surface area contributed by atoms with Gasteiger partial charge in [-0.05, 0) is 50.2 Å². The van der Waals surface area contributed by atoms with Crippen LogP contribution in [-0.2, 0) is 4.74 Å². The number of thioether (sulfide) groups is 1. The predicted octanol–water partition coefficient (Wildman–Crippen LogP) is 4.05. The molecule has 3 aromatic rings. The lowest BCUT2D eigenvalue weighted by Crippen LogP contribution is -2.38. The van der Waals surface area contributed by atoms with Crippen LogP contribution in [0.25, 0.3) is 11.0 Å². The molecule has 0 unspecified atom stereocenters. The molecule has 1 fully saturated rings. The monoisotopic (exact) mass is 436 g/mol. The van der Waals surface area contributed by atoms with Gasteiger partial charge in [0, 0.05) is 47.6 Å². The molecule has 0 spiro atoms. The average molecular weight is 437 g/mol. The van der Waals surface area contributed by atoms with Crippen LogP contribution in [0.2, 0.25) is 0 Å². The summed E-state index contributed by atoms with van der Waals surface area (Å²) < 4.78 is 5.04. The number of esters is 1. The molecule has 2 aromatic heterocycles. The second-order valence-corrected chi connectivity index (χ2v) is 8.42. The van der Waals surface area contributed by atoms with E-state index in [-0.39, 0.29) is 11.9 Å². The number of carbonyl (C=O) groups is 2. The van der Waals surface area contributed by atoms with Gasteiger partial charge in [0.05, 0.1) is 23.4 Å². The van der Waals surface area contributed by atoms with Crippen LogP contribution in [0.5, 0.6) is 0 Å². The van der Waals surface area contributed by atoms with Gasteiger partial charge in [0.15, 0.2) is 5.65 Å². The molecule has 1 N–H and O–H groups in total. The van der Waals surface area contributed by atoms with Crippen molar-refractivity contribution in [2.45, 2.75) is 13.8 Å². The maximum atomic E-state index is 13.3. The Labute approximate surface area is 185 Å². The van der Waals surface area contributed by atoms with Gasteiger partial charge in [0.25, 0.3) is 5.91 Å². The quantitative estimate of drug-likeness (QED) is 0.604. The van der Waals surface area contributed by atoms with E-state index in [0.29, 0.717) is 29.1 Å². The molecule has 8 heteroatoms. The van der Waals surface area contributed by atoms with Gasteiger partial charge < -0.3 is 15.0 Å². The highest BCUT2D eigenvalue weighted by Gasteiger charge is 2.23. The van der Waals surface area contributed by atoms with Crippen molar-refractivity contribution in [2.75, 3.05) is 36.5 Å². The Bertz CT molecular complexity index is 1110. The maximum Gasteiger partial charge on any atom is 0.338 e. The van der Waals surface area contributed by atoms with Crippen LogP contribution in [0.4, 0.5) is 11.4 Å². The molecule has 0 radical (unpaired) electrons. The van der Waals surface area contributed by atoms with Crippen molar-refractivity contribution in [3.8, 4) is 0 Å². The number of fused-ring (bicyclic) bond motifs is 1. The molecule has 1 aliphatic heterocycles. The number of nitrogens with zero attached hydrogens (tertiary/aromatic N) is 3. The van der Waals surface area contributed by atoms with E-state index in [1.54, 1.807) is 37.4 Å². The molecule has 1 aliphatic rings. The highest BCUT2D eigenvalue weighted by molar-refractivity contribution is 7.99. The summed E-state index contributed by atoms with van der Waals surface area (Å²) in [6.45, 7) is 5.46. The number of ether oxygens (including phenoxy) is 1. The Kier molecular flexibility index (Phi) is 6.36. The molecule has 0 atom stereocenters. The first-order valence-electron chi connectivity index (χ1n) is 10.2. The van der Waals surface area contributed by atoms with Gasteiger partial charge in [-0.15, -0.1) is 0 Å². The lowest BCUT2D eigenvalue weighted by Gasteiger charge is -2.27. The first-order valence-corrected chi connectivity index (χ1v) is 11.4. The molecular weight excluding hydrogens is 412 g/mol. The fraction of sp³-hybridized carbons (Fsp3) is 0.304. The molecule has 0 aliphatic carbocycles. The summed E-state index contributed by atoms with van der Waals surface area (Å²) in [5.41, 5.74) is 3.85. The van der Waals surface area contributed by atoms with Crippen molar-refractivity contribution < 1.29 is 14.3 Å². The predicted molar refractivity (Wildman–Crippen MR) is 123 cm³/mol. The lowest BCUT2D eigenvalue weighted by molar-refractivity contribution is 0.0526. The molecule has 1 aromatic carbocycles. The summed E-state index contributed by atoms with van der Waals surface area (Å²) in [5.74, 6) is 1.47. The van der Waals surface area contributed by atoms with E-state index in [1.165, 1.54) is 0 Å². The summed E-state index contributed by atoms with van der Waals surface area (Å²) in [7, 11) is 0. The third kappa shape index (κ3) is 4.64. The number of carbonyl (C=O) groups excluding carboxylic acids is 2. The van der Waals surface area contributed by atoms with E-state index >= 15 is 0 Å². The number of benzene rings is 1. The van der Waals surface area contributed by atoms with E-state index < -0.39 is 0 Å². The third-order valence-electron chi connectivity index (χ3n) is 5.06. The number of pyridine rings is 2. The standard InChI is InChI=1S/C23H24N4O3S/c1-3-30-23(29)16-5-7-17(8-6-16)26-20-18-9-4-15(2)25-21(18)24-14-19(20)22(28)27-10-12-31-13-11-27/h4-9,14H,3,10-13H2,1-2H3,(H,24,25,26). The number of anilines is 2. The van der Waals surface area contributed by atoms with E-state index in [0.717, 1.165) is 41.4 Å². The number of aryl methyl sites for hydroxylation is 1. The number of aromatic nitrogens is 2. The number of hydrogen-bond acceptors (Lipinski definition) is 7. The van der Waals surface area contributed by atoms with Gasteiger partial charge in [-0.1, -0.05) is 0 Å². The van der Waals surface area contributed by atoms with Crippen molar-refractivity contribution in [1.82, 2.24) is 14.9 Å². The number of hydrogen-bond donors (Lipinski definition) is 1. The molecule has 3 heterocycles. The third-order valence-corrected chi connectivity index (χ3v) is 6.01. The second kappa shape index (κ2) is 9.34. The minimum Gasteiger partial charge on any atom is -0.462 e. The topological polar surface area (TPSA) is 84.4 Å². The fourth-order valence-corrected chi connectivity index (χ4v) is 4.36. The van der Waals surface area contributed by atoms with E-state index in [9.17, 15) is 9.59 Å². The van der Waals surface area contributed by atoms with Crippen molar-refractivity contribution in [3.05, 3.63) is 59.4 Å². The van der Waals surface area contributed by atoms with Crippen LogP contribution in [0.1, 0.15) is 33.3 Å². The first-order chi connectivity index (χ1) is 15.1. The molecule has 160 valence electrons. The Morgan fingerprint density at radius 2 is 1.87 bits per heavy atom. The van der Waals surface area contributed by atoms with Crippen LogP contribution in [0.15, 0.2) is 42.6 Å². The van der Waals surface area contributed by atoms with E-state index in [1.807, 2.05) is 35.7 Å². The van der Waals surface area contributed by atoms with Crippen LogP contribution in [0, 0.1) is 6.92 Å². The van der Waals surface area contributed by atoms with Crippen molar-refractivity contribution in [1.29, 1.82) is 0 Å². The van der Waals surface area contributed by atoms with Crippen LogP contribution in [0.3, 0.4) is 0 Å². The molecule has 0 bridgehead atoms. The van der Waals surface area contributed by atoms with Gasteiger partial charge in [-0.25, -0.2) is 14.8 Å². The highest BCUT2D eigenvalue weighted by atomic mass is 32.2. The first kappa shape index (κ1) is 21.1. The zero-order valence-electron chi connectivity index (χ0n) is 17.6. The number of amides is 1. The molecule has 4 rings (SSSR count). The number of rotatable bonds is 5. The minimum atomic E-state index is -0.359. The molecule has 7 nitrogen and oxygen atoms in total. The lowest BCUT2D eigenvalue weighted by atomic mass is 10.1. The average Bonchev–Trinajstić information content (AvgIpc) is 2.80. The molecule has 1 amide bonds. The van der Waals surface area contributed by atoms with Gasteiger partial charge >= 0.3 is 5.97 Å². The molecule has 1 saturated heterocycles. The smallest absolute Gasteiger partial charge is 0.338 e. The molecular formula is C23H24N4O3S. The van der Waals surface area contributed by atoms with Gasteiger partial charge in [-0.2, -0.15) is 11.8 Å². The zero-order chi connectivity index (χ0) is 21.8. The van der Waals surface area contributed by atoms with Crippen molar-refractivity contribution in [2.24, 2.45) is 0 Å². The summed E-state index contributed by atoms with van der Waals surface area (Å²) >= 11 is 1.86. The largest absolute Gasteiger partial charge is 0.462 e.